The molecule has 1 saturated carbocycles. The topological polar surface area (TPSA) is 29.3 Å². The van der Waals surface area contributed by atoms with Crippen molar-refractivity contribution in [3.05, 3.63) is 35.4 Å². The molecule has 2 heteroatoms. The Labute approximate surface area is 129 Å². The summed E-state index contributed by atoms with van der Waals surface area (Å²) in [6.45, 7) is 5.65. The van der Waals surface area contributed by atoms with E-state index in [9.17, 15) is 0 Å². The minimum Gasteiger partial charge on any atom is -0.326 e. The second-order valence-corrected chi connectivity index (χ2v) is 7.07. The molecule has 1 saturated heterocycles. The lowest BCUT2D eigenvalue weighted by atomic mass is 9.84. The van der Waals surface area contributed by atoms with Gasteiger partial charge in [-0.1, -0.05) is 49.6 Å². The molecule has 1 aromatic rings. The predicted molar refractivity (Wildman–Crippen MR) is 89.3 cm³/mol. The first-order valence-corrected chi connectivity index (χ1v) is 8.78. The Morgan fingerprint density at radius 2 is 2.05 bits per heavy atom. The van der Waals surface area contributed by atoms with Crippen molar-refractivity contribution >= 4 is 0 Å². The second-order valence-electron chi connectivity index (χ2n) is 7.07. The van der Waals surface area contributed by atoms with E-state index in [-0.39, 0.29) is 6.04 Å². The first-order valence-electron chi connectivity index (χ1n) is 8.78. The molecule has 1 aliphatic heterocycles. The van der Waals surface area contributed by atoms with E-state index in [1.807, 2.05) is 0 Å². The van der Waals surface area contributed by atoms with Crippen LogP contribution in [0.15, 0.2) is 24.3 Å². The van der Waals surface area contributed by atoms with Gasteiger partial charge in [-0.25, -0.2) is 0 Å². The summed E-state index contributed by atoms with van der Waals surface area (Å²) in [6.07, 6.45) is 8.08. The standard InChI is InChI=1S/C19H30N2/c1-3-17(20)19(16-9-6-7-14(2)13-16)21-12-11-15-8-4-5-10-18(15)21/h6-7,9,13,15,17-19H,3-5,8,10-12,20H2,1-2H3. The van der Waals surface area contributed by atoms with Gasteiger partial charge in [0.15, 0.2) is 0 Å². The van der Waals surface area contributed by atoms with E-state index in [1.165, 1.54) is 49.8 Å². The normalized spacial score (nSPS) is 29.1. The summed E-state index contributed by atoms with van der Waals surface area (Å²) in [6, 6.07) is 10.4. The molecule has 0 spiro atoms. The van der Waals surface area contributed by atoms with Gasteiger partial charge in [0.25, 0.3) is 0 Å². The van der Waals surface area contributed by atoms with Crippen molar-refractivity contribution in [3.63, 3.8) is 0 Å². The van der Waals surface area contributed by atoms with Gasteiger partial charge in [-0.05, 0) is 50.6 Å². The highest BCUT2D eigenvalue weighted by molar-refractivity contribution is 5.27. The largest absolute Gasteiger partial charge is 0.326 e. The fraction of sp³-hybridized carbons (Fsp3) is 0.684. The third-order valence-corrected chi connectivity index (χ3v) is 5.67. The summed E-state index contributed by atoms with van der Waals surface area (Å²) < 4.78 is 0. The molecule has 3 rings (SSSR count). The van der Waals surface area contributed by atoms with Gasteiger partial charge in [0.2, 0.25) is 0 Å². The number of rotatable bonds is 4. The third kappa shape index (κ3) is 3.02. The summed E-state index contributed by atoms with van der Waals surface area (Å²) >= 11 is 0. The van der Waals surface area contributed by atoms with Crippen LogP contribution in [0.3, 0.4) is 0 Å². The van der Waals surface area contributed by atoms with Crippen LogP contribution in [0.1, 0.15) is 62.6 Å². The Kier molecular flexibility index (Phi) is 4.66. The fourth-order valence-corrected chi connectivity index (χ4v) is 4.55. The van der Waals surface area contributed by atoms with Crippen LogP contribution >= 0.6 is 0 Å². The highest BCUT2D eigenvalue weighted by atomic mass is 15.2. The Bertz CT molecular complexity index is 470. The number of nitrogens with zero attached hydrogens (tertiary/aromatic N) is 1. The lowest BCUT2D eigenvalue weighted by Gasteiger charge is -2.40. The van der Waals surface area contributed by atoms with E-state index in [4.69, 9.17) is 5.73 Å². The first kappa shape index (κ1) is 15.1. The molecule has 116 valence electrons. The molecule has 2 fully saturated rings. The summed E-state index contributed by atoms with van der Waals surface area (Å²) in [4.78, 5) is 2.76. The first-order chi connectivity index (χ1) is 10.2. The van der Waals surface area contributed by atoms with Crippen LogP contribution in [-0.2, 0) is 0 Å². The van der Waals surface area contributed by atoms with Crippen LogP contribution in [0.2, 0.25) is 0 Å². The highest BCUT2D eigenvalue weighted by Crippen LogP contribution is 2.41. The second kappa shape index (κ2) is 6.50. The smallest absolute Gasteiger partial charge is 0.0502 e. The zero-order chi connectivity index (χ0) is 14.8. The van der Waals surface area contributed by atoms with Gasteiger partial charge < -0.3 is 5.73 Å². The van der Waals surface area contributed by atoms with Crippen molar-refractivity contribution < 1.29 is 0 Å². The summed E-state index contributed by atoms with van der Waals surface area (Å²) in [7, 11) is 0. The Balaban J connectivity index is 1.89. The summed E-state index contributed by atoms with van der Waals surface area (Å²) in [5, 5.41) is 0. The van der Waals surface area contributed by atoms with Crippen LogP contribution in [-0.4, -0.2) is 23.5 Å². The third-order valence-electron chi connectivity index (χ3n) is 5.67. The van der Waals surface area contributed by atoms with Crippen molar-refractivity contribution in [1.82, 2.24) is 4.90 Å². The Hall–Kier alpha value is -0.860. The Morgan fingerprint density at radius 3 is 2.81 bits per heavy atom. The van der Waals surface area contributed by atoms with E-state index in [0.29, 0.717) is 6.04 Å². The summed E-state index contributed by atoms with van der Waals surface area (Å²) in [5.74, 6) is 0.926. The highest BCUT2D eigenvalue weighted by Gasteiger charge is 2.40. The lowest BCUT2D eigenvalue weighted by molar-refractivity contribution is 0.114. The minimum atomic E-state index is 0.243. The molecule has 2 N–H and O–H groups in total. The van der Waals surface area contributed by atoms with Crippen LogP contribution in [0.25, 0.3) is 0 Å². The van der Waals surface area contributed by atoms with Crippen molar-refractivity contribution in [3.8, 4) is 0 Å². The molecule has 4 unspecified atom stereocenters. The van der Waals surface area contributed by atoms with Gasteiger partial charge in [-0.2, -0.15) is 0 Å². The molecule has 21 heavy (non-hydrogen) atoms. The van der Waals surface area contributed by atoms with E-state index >= 15 is 0 Å². The zero-order valence-corrected chi connectivity index (χ0v) is 13.6. The van der Waals surface area contributed by atoms with Crippen molar-refractivity contribution in [2.24, 2.45) is 11.7 Å². The number of fused-ring (bicyclic) bond motifs is 1. The van der Waals surface area contributed by atoms with Crippen molar-refractivity contribution in [1.29, 1.82) is 0 Å². The quantitative estimate of drug-likeness (QED) is 0.905. The molecule has 0 bridgehead atoms. The molecule has 0 amide bonds. The predicted octanol–water partition coefficient (Wildman–Crippen LogP) is 4.04. The maximum Gasteiger partial charge on any atom is 0.0502 e. The number of hydrogen-bond donors (Lipinski definition) is 1. The van der Waals surface area contributed by atoms with Gasteiger partial charge >= 0.3 is 0 Å². The average molecular weight is 286 g/mol. The average Bonchev–Trinajstić information content (AvgIpc) is 2.91. The SMILES string of the molecule is CCC(N)C(c1cccc(C)c1)N1CCC2CCCCC21. The molecule has 1 aromatic carbocycles. The number of nitrogens with two attached hydrogens (primary N) is 1. The number of benzene rings is 1. The van der Waals surface area contributed by atoms with E-state index < -0.39 is 0 Å². The van der Waals surface area contributed by atoms with Crippen LogP contribution in [0.5, 0.6) is 0 Å². The molecule has 1 aliphatic carbocycles. The fourth-order valence-electron chi connectivity index (χ4n) is 4.55. The molecule has 0 radical (unpaired) electrons. The molecule has 1 heterocycles. The van der Waals surface area contributed by atoms with Gasteiger partial charge in [-0.3, -0.25) is 4.90 Å². The molecule has 4 atom stereocenters. The van der Waals surface area contributed by atoms with E-state index in [2.05, 4.69) is 43.0 Å². The Morgan fingerprint density at radius 1 is 1.24 bits per heavy atom. The maximum absolute atomic E-state index is 6.56. The molecular formula is C19H30N2. The van der Waals surface area contributed by atoms with Gasteiger partial charge in [-0.15, -0.1) is 0 Å². The van der Waals surface area contributed by atoms with Crippen LogP contribution in [0, 0.1) is 12.8 Å². The molecular weight excluding hydrogens is 256 g/mol. The van der Waals surface area contributed by atoms with Crippen molar-refractivity contribution in [2.45, 2.75) is 70.5 Å². The molecule has 2 nitrogen and oxygen atoms in total. The molecule has 0 aromatic heterocycles. The summed E-state index contributed by atoms with van der Waals surface area (Å²) in [5.41, 5.74) is 9.33. The number of likely N-dealkylation sites (tertiary alicyclic amines) is 1. The van der Waals surface area contributed by atoms with Gasteiger partial charge in [0.1, 0.15) is 0 Å². The number of hydrogen-bond acceptors (Lipinski definition) is 2. The minimum absolute atomic E-state index is 0.243. The monoisotopic (exact) mass is 286 g/mol. The van der Waals surface area contributed by atoms with E-state index in [0.717, 1.165) is 18.4 Å². The van der Waals surface area contributed by atoms with Gasteiger partial charge in [0, 0.05) is 12.1 Å². The van der Waals surface area contributed by atoms with Gasteiger partial charge in [0.05, 0.1) is 6.04 Å². The molecule has 2 aliphatic rings. The zero-order valence-electron chi connectivity index (χ0n) is 13.6. The number of aryl methyl sites for hydroxylation is 1. The van der Waals surface area contributed by atoms with Crippen LogP contribution < -0.4 is 5.73 Å². The van der Waals surface area contributed by atoms with E-state index in [1.54, 1.807) is 0 Å². The lowest BCUT2D eigenvalue weighted by Crippen LogP contribution is -2.45. The van der Waals surface area contributed by atoms with Crippen LogP contribution in [0.4, 0.5) is 0 Å². The maximum atomic E-state index is 6.56. The van der Waals surface area contributed by atoms with Crippen molar-refractivity contribution in [2.75, 3.05) is 6.54 Å².